The minimum Gasteiger partial charge on any atom is -0.496 e. The van der Waals surface area contributed by atoms with Gasteiger partial charge in [-0.05, 0) is 36.7 Å². The minimum absolute atomic E-state index is 0.0306. The van der Waals surface area contributed by atoms with Gasteiger partial charge in [0.2, 0.25) is 0 Å². The number of carbonyl (C=O) groups excluding carboxylic acids is 2. The van der Waals surface area contributed by atoms with E-state index in [-0.39, 0.29) is 28.8 Å². The van der Waals surface area contributed by atoms with Crippen molar-refractivity contribution in [3.05, 3.63) is 29.3 Å². The fourth-order valence-electron chi connectivity index (χ4n) is 4.95. The number of hydrogen-bond donors (Lipinski definition) is 0. The van der Waals surface area contributed by atoms with E-state index in [9.17, 15) is 9.59 Å². The highest BCUT2D eigenvalue weighted by molar-refractivity contribution is 6.18. The Hall–Kier alpha value is -1.64. The Morgan fingerprint density at radius 1 is 1.25 bits per heavy atom. The number of carbonyl (C=O) groups is 2. The van der Waals surface area contributed by atoms with E-state index in [0.717, 1.165) is 19.3 Å². The Morgan fingerprint density at radius 3 is 2.80 bits per heavy atom. The monoisotopic (exact) mass is 270 g/mol. The van der Waals surface area contributed by atoms with Crippen LogP contribution in [0.2, 0.25) is 0 Å². The van der Waals surface area contributed by atoms with Gasteiger partial charge < -0.3 is 4.74 Å². The summed E-state index contributed by atoms with van der Waals surface area (Å²) in [5.74, 6) is 1.02. The summed E-state index contributed by atoms with van der Waals surface area (Å²) in [7, 11) is 1.56. The molecule has 0 N–H and O–H groups in total. The fraction of sp³-hybridized carbons (Fsp3) is 0.529. The van der Waals surface area contributed by atoms with Gasteiger partial charge in [0, 0.05) is 17.4 Å². The Bertz CT molecular complexity index is 633. The molecule has 104 valence electrons. The number of hydrogen-bond acceptors (Lipinski definition) is 3. The van der Waals surface area contributed by atoms with Crippen molar-refractivity contribution in [1.29, 1.82) is 0 Å². The zero-order valence-electron chi connectivity index (χ0n) is 11.8. The van der Waals surface area contributed by atoms with E-state index in [1.165, 1.54) is 0 Å². The SMILES string of the molecule is COc1cccc2c1C(=O)C1C3CCC(C)(C3)C1C2=O. The summed E-state index contributed by atoms with van der Waals surface area (Å²) in [5, 5.41) is 0. The number of ketones is 2. The number of benzene rings is 1. The number of ether oxygens (including phenoxy) is 1. The molecule has 0 aromatic heterocycles. The average Bonchev–Trinajstić information content (AvgIpc) is 2.97. The van der Waals surface area contributed by atoms with Gasteiger partial charge >= 0.3 is 0 Å². The van der Waals surface area contributed by atoms with Crippen LogP contribution < -0.4 is 4.74 Å². The van der Waals surface area contributed by atoms with Crippen LogP contribution in [0.3, 0.4) is 0 Å². The Labute approximate surface area is 118 Å². The second kappa shape index (κ2) is 3.72. The van der Waals surface area contributed by atoms with Crippen LogP contribution >= 0.6 is 0 Å². The van der Waals surface area contributed by atoms with Gasteiger partial charge in [0.15, 0.2) is 11.6 Å². The molecule has 0 radical (unpaired) electrons. The van der Waals surface area contributed by atoms with Gasteiger partial charge in [0.1, 0.15) is 5.75 Å². The number of rotatable bonds is 1. The zero-order chi connectivity index (χ0) is 14.1. The van der Waals surface area contributed by atoms with Crippen molar-refractivity contribution in [2.45, 2.75) is 26.2 Å². The molecule has 4 rings (SSSR count). The topological polar surface area (TPSA) is 43.4 Å². The molecule has 4 atom stereocenters. The third-order valence-corrected chi connectivity index (χ3v) is 5.78. The van der Waals surface area contributed by atoms with E-state index in [1.807, 2.05) is 0 Å². The van der Waals surface area contributed by atoms with E-state index in [1.54, 1.807) is 25.3 Å². The summed E-state index contributed by atoms with van der Waals surface area (Å²) in [5.41, 5.74) is 1.13. The van der Waals surface area contributed by atoms with Crippen LogP contribution in [0, 0.1) is 23.2 Å². The van der Waals surface area contributed by atoms with E-state index >= 15 is 0 Å². The first kappa shape index (κ1) is 12.1. The first-order chi connectivity index (χ1) is 9.57. The maximum absolute atomic E-state index is 12.9. The predicted molar refractivity (Wildman–Crippen MR) is 74.1 cm³/mol. The van der Waals surface area contributed by atoms with Crippen molar-refractivity contribution < 1.29 is 14.3 Å². The molecule has 0 aliphatic heterocycles. The highest BCUT2D eigenvalue weighted by Gasteiger charge is 2.62. The van der Waals surface area contributed by atoms with Crippen LogP contribution in [0.1, 0.15) is 46.9 Å². The first-order valence-corrected chi connectivity index (χ1v) is 7.32. The van der Waals surface area contributed by atoms with Gasteiger partial charge in [-0.15, -0.1) is 0 Å². The number of fused-ring (bicyclic) bond motifs is 6. The highest BCUT2D eigenvalue weighted by Crippen LogP contribution is 2.63. The third kappa shape index (κ3) is 1.26. The molecule has 1 aromatic rings. The molecule has 0 spiro atoms. The van der Waals surface area contributed by atoms with Crippen molar-refractivity contribution in [2.24, 2.45) is 23.2 Å². The van der Waals surface area contributed by atoms with E-state index < -0.39 is 0 Å². The smallest absolute Gasteiger partial charge is 0.171 e. The van der Waals surface area contributed by atoms with Gasteiger partial charge in [-0.1, -0.05) is 19.1 Å². The largest absolute Gasteiger partial charge is 0.496 e. The lowest BCUT2D eigenvalue weighted by Gasteiger charge is -2.38. The molecule has 20 heavy (non-hydrogen) atoms. The molecular formula is C17H18O3. The van der Waals surface area contributed by atoms with Gasteiger partial charge in [0.05, 0.1) is 12.7 Å². The van der Waals surface area contributed by atoms with Crippen LogP contribution in [0.15, 0.2) is 18.2 Å². The van der Waals surface area contributed by atoms with Gasteiger partial charge in [0.25, 0.3) is 0 Å². The molecule has 3 nitrogen and oxygen atoms in total. The molecule has 2 bridgehead atoms. The van der Waals surface area contributed by atoms with Crippen molar-refractivity contribution >= 4 is 11.6 Å². The second-order valence-electron chi connectivity index (χ2n) is 6.77. The van der Waals surface area contributed by atoms with Gasteiger partial charge in [-0.2, -0.15) is 0 Å². The molecule has 0 amide bonds. The fourth-order valence-corrected chi connectivity index (χ4v) is 4.95. The van der Waals surface area contributed by atoms with E-state index in [0.29, 0.717) is 22.8 Å². The summed E-state index contributed by atoms with van der Waals surface area (Å²) < 4.78 is 5.31. The molecule has 3 aliphatic rings. The van der Waals surface area contributed by atoms with Crippen LogP contribution in [0.4, 0.5) is 0 Å². The molecular weight excluding hydrogens is 252 g/mol. The normalized spacial score (nSPS) is 37.8. The second-order valence-corrected chi connectivity index (χ2v) is 6.77. The standard InChI is InChI=1S/C17H18O3/c1-17-7-6-9(8-17)12-14(17)15(18)10-4-3-5-11(20-2)13(10)16(12)19/h3-5,9,12,14H,6-8H2,1-2H3. The quantitative estimate of drug-likeness (QED) is 0.787. The lowest BCUT2D eigenvalue weighted by molar-refractivity contribution is 0.0570. The molecule has 0 heterocycles. The Balaban J connectivity index is 1.94. The molecule has 3 aliphatic carbocycles. The van der Waals surface area contributed by atoms with Crippen molar-refractivity contribution in [2.75, 3.05) is 7.11 Å². The summed E-state index contributed by atoms with van der Waals surface area (Å²) in [6.07, 6.45) is 3.19. The van der Waals surface area contributed by atoms with E-state index in [4.69, 9.17) is 4.74 Å². The molecule has 2 fully saturated rings. The van der Waals surface area contributed by atoms with Crippen LogP contribution in [-0.4, -0.2) is 18.7 Å². The maximum Gasteiger partial charge on any atom is 0.171 e. The molecule has 4 unspecified atom stereocenters. The Morgan fingerprint density at radius 2 is 2.05 bits per heavy atom. The summed E-state index contributed by atoms with van der Waals surface area (Å²) in [6, 6.07) is 5.36. The van der Waals surface area contributed by atoms with Gasteiger partial charge in [-0.25, -0.2) is 0 Å². The average molecular weight is 270 g/mol. The predicted octanol–water partition coefficient (Wildman–Crippen LogP) is 3.13. The lowest BCUT2D eigenvalue weighted by Crippen LogP contribution is -2.43. The van der Waals surface area contributed by atoms with Crippen LogP contribution in [0.5, 0.6) is 5.75 Å². The van der Waals surface area contributed by atoms with Crippen LogP contribution in [-0.2, 0) is 0 Å². The molecule has 2 saturated carbocycles. The van der Waals surface area contributed by atoms with Crippen molar-refractivity contribution in [1.82, 2.24) is 0 Å². The molecule has 0 saturated heterocycles. The number of Topliss-reactive ketones (excluding diaryl/α,β-unsaturated/α-hetero) is 2. The Kier molecular flexibility index (Phi) is 2.25. The summed E-state index contributed by atoms with van der Waals surface area (Å²) in [6.45, 7) is 2.19. The highest BCUT2D eigenvalue weighted by atomic mass is 16.5. The van der Waals surface area contributed by atoms with Gasteiger partial charge in [-0.3, -0.25) is 9.59 Å². The van der Waals surface area contributed by atoms with Crippen molar-refractivity contribution in [3.8, 4) is 5.75 Å². The first-order valence-electron chi connectivity index (χ1n) is 7.32. The summed E-state index contributed by atoms with van der Waals surface area (Å²) in [4.78, 5) is 25.8. The summed E-state index contributed by atoms with van der Waals surface area (Å²) >= 11 is 0. The van der Waals surface area contributed by atoms with Crippen molar-refractivity contribution in [3.63, 3.8) is 0 Å². The molecule has 1 aromatic carbocycles. The number of methoxy groups -OCH3 is 1. The zero-order valence-corrected chi connectivity index (χ0v) is 11.8. The lowest BCUT2D eigenvalue weighted by atomic mass is 9.62. The molecule has 3 heteroatoms. The van der Waals surface area contributed by atoms with Crippen LogP contribution in [0.25, 0.3) is 0 Å². The third-order valence-electron chi connectivity index (χ3n) is 5.78. The maximum atomic E-state index is 12.9. The van der Waals surface area contributed by atoms with E-state index in [2.05, 4.69) is 6.92 Å². The minimum atomic E-state index is -0.106.